The summed E-state index contributed by atoms with van der Waals surface area (Å²) in [7, 11) is 0. The van der Waals surface area contributed by atoms with E-state index in [1.165, 1.54) is 12.4 Å². The van der Waals surface area contributed by atoms with E-state index in [9.17, 15) is 5.11 Å². The molecule has 6 heteroatoms. The number of aliphatic hydroxyl groups is 3. The van der Waals surface area contributed by atoms with Crippen LogP contribution in [0.15, 0.2) is 12.4 Å². The first-order valence-electron chi connectivity index (χ1n) is 4.60. The second-order valence-electron chi connectivity index (χ2n) is 2.93. The van der Waals surface area contributed by atoms with Gasteiger partial charge in [0.25, 0.3) is 0 Å². The number of aromatic nitrogens is 2. The van der Waals surface area contributed by atoms with Gasteiger partial charge < -0.3 is 20.1 Å². The van der Waals surface area contributed by atoms with Crippen LogP contribution in [0.3, 0.4) is 0 Å². The van der Waals surface area contributed by atoms with Crippen LogP contribution in [0, 0.1) is 0 Å². The fourth-order valence-electron chi connectivity index (χ4n) is 1.00. The van der Waals surface area contributed by atoms with E-state index in [4.69, 9.17) is 14.9 Å². The maximum absolute atomic E-state index is 9.48. The molecule has 1 heterocycles. The summed E-state index contributed by atoms with van der Waals surface area (Å²) in [5.74, 6) is 0. The Morgan fingerprint density at radius 2 is 1.93 bits per heavy atom. The lowest BCUT2D eigenvalue weighted by Gasteiger charge is -2.14. The van der Waals surface area contributed by atoms with Crippen molar-refractivity contribution in [3.05, 3.63) is 18.0 Å². The lowest BCUT2D eigenvalue weighted by atomic mass is 10.1. The van der Waals surface area contributed by atoms with Crippen molar-refractivity contribution in [3.63, 3.8) is 0 Å². The Bertz CT molecular complexity index is 291. The molecule has 0 amide bonds. The molecular formula is C9H14N2O4. The van der Waals surface area contributed by atoms with Crippen molar-refractivity contribution in [1.29, 1.82) is 0 Å². The van der Waals surface area contributed by atoms with Crippen LogP contribution in [-0.2, 0) is 0 Å². The van der Waals surface area contributed by atoms with Gasteiger partial charge in [-0.05, 0) is 6.92 Å². The van der Waals surface area contributed by atoms with Gasteiger partial charge in [0, 0.05) is 18.0 Å². The van der Waals surface area contributed by atoms with Crippen molar-refractivity contribution in [2.24, 2.45) is 0 Å². The highest BCUT2D eigenvalue weighted by Crippen LogP contribution is 2.15. The molecule has 0 fully saturated rings. The SMILES string of the molecule is CCOc1ncc(C(O)C(O)CO)cn1. The summed E-state index contributed by atoms with van der Waals surface area (Å²) in [6.45, 7) is 1.75. The Kier molecular flexibility index (Phi) is 4.41. The van der Waals surface area contributed by atoms with Crippen LogP contribution >= 0.6 is 0 Å². The first kappa shape index (κ1) is 11.8. The van der Waals surface area contributed by atoms with Gasteiger partial charge in [-0.1, -0.05) is 0 Å². The van der Waals surface area contributed by atoms with Gasteiger partial charge in [0.2, 0.25) is 0 Å². The topological polar surface area (TPSA) is 95.7 Å². The summed E-state index contributed by atoms with van der Waals surface area (Å²) in [6.07, 6.45) is 0.278. The van der Waals surface area contributed by atoms with Crippen LogP contribution in [-0.4, -0.2) is 44.6 Å². The van der Waals surface area contributed by atoms with Crippen molar-refractivity contribution in [3.8, 4) is 6.01 Å². The summed E-state index contributed by atoms with van der Waals surface area (Å²) in [6, 6.07) is 0.215. The number of rotatable bonds is 5. The molecule has 0 aliphatic rings. The van der Waals surface area contributed by atoms with Gasteiger partial charge in [-0.15, -0.1) is 0 Å². The third-order valence-corrected chi connectivity index (χ3v) is 1.81. The Hall–Kier alpha value is -1.24. The molecule has 0 radical (unpaired) electrons. The lowest BCUT2D eigenvalue weighted by Crippen LogP contribution is -2.22. The molecule has 6 nitrogen and oxygen atoms in total. The summed E-state index contributed by atoms with van der Waals surface area (Å²) >= 11 is 0. The molecule has 3 N–H and O–H groups in total. The molecule has 0 aliphatic heterocycles. The molecule has 2 unspecified atom stereocenters. The van der Waals surface area contributed by atoms with E-state index in [-0.39, 0.29) is 6.01 Å². The predicted molar refractivity (Wildman–Crippen MR) is 51.3 cm³/mol. The Balaban J connectivity index is 2.70. The van der Waals surface area contributed by atoms with E-state index in [0.717, 1.165) is 0 Å². The number of nitrogens with zero attached hydrogens (tertiary/aromatic N) is 2. The largest absolute Gasteiger partial charge is 0.464 e. The minimum atomic E-state index is -1.23. The molecular weight excluding hydrogens is 200 g/mol. The fourth-order valence-corrected chi connectivity index (χ4v) is 1.00. The summed E-state index contributed by atoms with van der Waals surface area (Å²) < 4.78 is 5.01. The molecule has 0 bridgehead atoms. The smallest absolute Gasteiger partial charge is 0.316 e. The zero-order chi connectivity index (χ0) is 11.3. The quantitative estimate of drug-likeness (QED) is 0.597. The molecule has 0 aromatic carbocycles. The fraction of sp³-hybridized carbons (Fsp3) is 0.556. The standard InChI is InChI=1S/C9H14N2O4/c1-2-15-9-10-3-6(4-11-9)8(14)7(13)5-12/h3-4,7-8,12-14H,2,5H2,1H3. The van der Waals surface area contributed by atoms with Gasteiger partial charge in [0.15, 0.2) is 0 Å². The monoisotopic (exact) mass is 214 g/mol. The Morgan fingerprint density at radius 3 is 2.40 bits per heavy atom. The van der Waals surface area contributed by atoms with E-state index in [2.05, 4.69) is 9.97 Å². The maximum Gasteiger partial charge on any atom is 0.316 e. The van der Waals surface area contributed by atoms with Crippen LogP contribution in [0.25, 0.3) is 0 Å². The summed E-state index contributed by atoms with van der Waals surface area (Å²) in [5.41, 5.74) is 0.333. The van der Waals surface area contributed by atoms with Gasteiger partial charge in [-0.2, -0.15) is 0 Å². The zero-order valence-corrected chi connectivity index (χ0v) is 8.37. The van der Waals surface area contributed by atoms with E-state index >= 15 is 0 Å². The molecule has 1 rings (SSSR count). The molecule has 15 heavy (non-hydrogen) atoms. The molecule has 84 valence electrons. The summed E-state index contributed by atoms with van der Waals surface area (Å²) in [5, 5.41) is 27.3. The van der Waals surface area contributed by atoms with Gasteiger partial charge in [-0.25, -0.2) is 9.97 Å². The van der Waals surface area contributed by atoms with Gasteiger partial charge in [-0.3, -0.25) is 0 Å². The van der Waals surface area contributed by atoms with E-state index in [1.54, 1.807) is 0 Å². The van der Waals surface area contributed by atoms with Crippen molar-refractivity contribution in [1.82, 2.24) is 9.97 Å². The molecule has 0 saturated heterocycles. The number of aliphatic hydroxyl groups excluding tert-OH is 3. The molecule has 0 aliphatic carbocycles. The highest BCUT2D eigenvalue weighted by molar-refractivity contribution is 5.11. The normalized spacial score (nSPS) is 14.7. The third kappa shape index (κ3) is 3.12. The van der Waals surface area contributed by atoms with Gasteiger partial charge >= 0.3 is 6.01 Å². The van der Waals surface area contributed by atoms with E-state index < -0.39 is 18.8 Å². The predicted octanol–water partition coefficient (Wildman–Crippen LogP) is -0.738. The third-order valence-electron chi connectivity index (χ3n) is 1.81. The Morgan fingerprint density at radius 1 is 1.33 bits per heavy atom. The number of hydrogen-bond acceptors (Lipinski definition) is 6. The van der Waals surface area contributed by atoms with Crippen LogP contribution in [0.4, 0.5) is 0 Å². The average molecular weight is 214 g/mol. The number of ether oxygens (including phenoxy) is 1. The second-order valence-corrected chi connectivity index (χ2v) is 2.93. The molecule has 0 saturated carbocycles. The minimum Gasteiger partial charge on any atom is -0.464 e. The van der Waals surface area contributed by atoms with Crippen LogP contribution < -0.4 is 4.74 Å². The Labute approximate surface area is 87.2 Å². The maximum atomic E-state index is 9.48. The number of hydrogen-bond donors (Lipinski definition) is 3. The molecule has 1 aromatic heterocycles. The van der Waals surface area contributed by atoms with E-state index in [1.807, 2.05) is 6.92 Å². The first-order chi connectivity index (χ1) is 7.19. The molecule has 1 aromatic rings. The highest BCUT2D eigenvalue weighted by atomic mass is 16.5. The molecule has 2 atom stereocenters. The summed E-state index contributed by atoms with van der Waals surface area (Å²) in [4.78, 5) is 7.64. The average Bonchev–Trinajstić information content (AvgIpc) is 2.28. The van der Waals surface area contributed by atoms with Crippen LogP contribution in [0.2, 0.25) is 0 Å². The second kappa shape index (κ2) is 5.59. The first-order valence-corrected chi connectivity index (χ1v) is 4.60. The highest BCUT2D eigenvalue weighted by Gasteiger charge is 2.18. The van der Waals surface area contributed by atoms with Crippen molar-refractivity contribution in [2.45, 2.75) is 19.1 Å². The molecule has 0 spiro atoms. The van der Waals surface area contributed by atoms with Crippen molar-refractivity contribution >= 4 is 0 Å². The van der Waals surface area contributed by atoms with Crippen LogP contribution in [0.5, 0.6) is 6.01 Å². The lowest BCUT2D eigenvalue weighted by molar-refractivity contribution is -0.0156. The zero-order valence-electron chi connectivity index (χ0n) is 8.37. The van der Waals surface area contributed by atoms with Gasteiger partial charge in [0.1, 0.15) is 12.2 Å². The minimum absolute atomic E-state index is 0.215. The van der Waals surface area contributed by atoms with Crippen molar-refractivity contribution in [2.75, 3.05) is 13.2 Å². The van der Waals surface area contributed by atoms with Crippen LogP contribution in [0.1, 0.15) is 18.6 Å². The van der Waals surface area contributed by atoms with E-state index in [0.29, 0.717) is 12.2 Å². The van der Waals surface area contributed by atoms with Crippen molar-refractivity contribution < 1.29 is 20.1 Å². The van der Waals surface area contributed by atoms with Gasteiger partial charge in [0.05, 0.1) is 13.2 Å².